The Balaban J connectivity index is 1.86. The molecule has 180 valence electrons. The molecular weight excluding hydrogens is 420 g/mol. The molecule has 1 aromatic rings. The molecule has 2 aliphatic heterocycles. The molecule has 3 amide bonds. The van der Waals surface area contributed by atoms with Crippen LogP contribution in [0.4, 0.5) is 4.79 Å². The lowest BCUT2D eigenvalue weighted by atomic mass is 9.93. The second-order valence-electron chi connectivity index (χ2n) is 9.19. The number of likely N-dealkylation sites (N-methyl/N-ethyl adjacent to an activating group) is 1. The zero-order valence-electron chi connectivity index (χ0n) is 20.4. The van der Waals surface area contributed by atoms with Crippen molar-refractivity contribution in [3.8, 4) is 0 Å². The van der Waals surface area contributed by atoms with E-state index < -0.39 is 12.0 Å². The Kier molecular flexibility index (Phi) is 8.13. The molecule has 0 aliphatic carbocycles. The number of hydrogen-bond acceptors (Lipinski definition) is 5. The minimum atomic E-state index is -0.572. The minimum absolute atomic E-state index is 0.185. The predicted molar refractivity (Wildman–Crippen MR) is 126 cm³/mol. The first kappa shape index (κ1) is 24.8. The second-order valence-corrected chi connectivity index (χ2v) is 9.19. The molecule has 1 atom stereocenters. The van der Waals surface area contributed by atoms with E-state index in [4.69, 9.17) is 4.74 Å². The van der Waals surface area contributed by atoms with Crippen molar-refractivity contribution in [2.24, 2.45) is 5.92 Å². The lowest BCUT2D eigenvalue weighted by Gasteiger charge is -2.39. The number of nitrogens with zero attached hydrogens (tertiary/aromatic N) is 3. The van der Waals surface area contributed by atoms with Gasteiger partial charge in [-0.2, -0.15) is 0 Å². The molecule has 1 unspecified atom stereocenters. The largest absolute Gasteiger partial charge is 0.463 e. The number of piperazine rings is 1. The number of benzene rings is 1. The standard InChI is InChI=1S/C25H36N4O4/c1-6-33-24(31)22-20(16-28-11-13-29(14-12-28)21(30)15-17(2)3)27(5)25(32)26-23(22)19-9-7-18(4)8-10-19/h7-10,17,23H,6,11-16H2,1-5H3,(H,26,32). The van der Waals surface area contributed by atoms with Crippen molar-refractivity contribution < 1.29 is 19.1 Å². The van der Waals surface area contributed by atoms with Crippen molar-refractivity contribution in [1.82, 2.24) is 20.0 Å². The molecule has 1 saturated heterocycles. The summed E-state index contributed by atoms with van der Waals surface area (Å²) in [5.41, 5.74) is 3.04. The summed E-state index contributed by atoms with van der Waals surface area (Å²) in [6, 6.07) is 6.97. The summed E-state index contributed by atoms with van der Waals surface area (Å²) < 4.78 is 5.40. The number of nitrogens with one attached hydrogen (secondary N) is 1. The summed E-state index contributed by atoms with van der Waals surface area (Å²) in [5.74, 6) is 0.0984. The van der Waals surface area contributed by atoms with Gasteiger partial charge in [0.05, 0.1) is 18.2 Å². The van der Waals surface area contributed by atoms with Crippen molar-refractivity contribution in [2.75, 3.05) is 46.4 Å². The topological polar surface area (TPSA) is 82.2 Å². The first-order chi connectivity index (χ1) is 15.7. The van der Waals surface area contributed by atoms with Gasteiger partial charge in [0, 0.05) is 51.9 Å². The van der Waals surface area contributed by atoms with Gasteiger partial charge in [0.2, 0.25) is 5.91 Å². The van der Waals surface area contributed by atoms with Crippen molar-refractivity contribution in [3.05, 3.63) is 46.7 Å². The number of urea groups is 1. The number of amides is 3. The molecule has 0 bridgehead atoms. The molecule has 0 aromatic heterocycles. The number of ether oxygens (including phenoxy) is 1. The van der Waals surface area contributed by atoms with Crippen LogP contribution < -0.4 is 5.32 Å². The molecule has 1 N–H and O–H groups in total. The normalized spacial score (nSPS) is 19.7. The average Bonchev–Trinajstić information content (AvgIpc) is 2.77. The van der Waals surface area contributed by atoms with Gasteiger partial charge in [-0.3, -0.25) is 14.6 Å². The number of rotatable bonds is 7. The highest BCUT2D eigenvalue weighted by Crippen LogP contribution is 2.31. The van der Waals surface area contributed by atoms with Crippen LogP contribution in [0.25, 0.3) is 0 Å². The maximum atomic E-state index is 13.1. The first-order valence-corrected chi connectivity index (χ1v) is 11.7. The molecule has 0 spiro atoms. The van der Waals surface area contributed by atoms with Gasteiger partial charge in [-0.25, -0.2) is 9.59 Å². The molecule has 33 heavy (non-hydrogen) atoms. The lowest BCUT2D eigenvalue weighted by molar-refractivity contribution is -0.139. The van der Waals surface area contributed by atoms with Gasteiger partial charge in [-0.05, 0) is 25.3 Å². The Morgan fingerprint density at radius 2 is 1.76 bits per heavy atom. The van der Waals surface area contributed by atoms with E-state index in [1.807, 2.05) is 49.9 Å². The fraction of sp³-hybridized carbons (Fsp3) is 0.560. The van der Waals surface area contributed by atoms with Crippen LogP contribution in [0, 0.1) is 12.8 Å². The van der Waals surface area contributed by atoms with Crippen LogP contribution in [0.1, 0.15) is 44.4 Å². The fourth-order valence-electron chi connectivity index (χ4n) is 4.25. The third-order valence-corrected chi connectivity index (χ3v) is 6.16. The third-order valence-electron chi connectivity index (χ3n) is 6.16. The molecule has 1 aromatic carbocycles. The zero-order valence-corrected chi connectivity index (χ0v) is 20.4. The quantitative estimate of drug-likeness (QED) is 0.638. The molecule has 2 aliphatic rings. The van der Waals surface area contributed by atoms with Crippen LogP contribution in [0.2, 0.25) is 0 Å². The molecule has 1 fully saturated rings. The molecule has 8 heteroatoms. The lowest BCUT2D eigenvalue weighted by Crippen LogP contribution is -2.53. The first-order valence-electron chi connectivity index (χ1n) is 11.7. The highest BCUT2D eigenvalue weighted by Gasteiger charge is 2.37. The van der Waals surface area contributed by atoms with E-state index >= 15 is 0 Å². The van der Waals surface area contributed by atoms with Gasteiger partial charge >= 0.3 is 12.0 Å². The van der Waals surface area contributed by atoms with E-state index in [2.05, 4.69) is 10.2 Å². The van der Waals surface area contributed by atoms with E-state index in [1.54, 1.807) is 14.0 Å². The summed E-state index contributed by atoms with van der Waals surface area (Å²) in [5, 5.41) is 2.96. The molecule has 8 nitrogen and oxygen atoms in total. The van der Waals surface area contributed by atoms with E-state index in [0.717, 1.165) is 11.1 Å². The van der Waals surface area contributed by atoms with Crippen molar-refractivity contribution in [3.63, 3.8) is 0 Å². The number of carbonyl (C=O) groups excluding carboxylic acids is 3. The van der Waals surface area contributed by atoms with Crippen molar-refractivity contribution in [1.29, 1.82) is 0 Å². The average molecular weight is 457 g/mol. The van der Waals surface area contributed by atoms with Crippen molar-refractivity contribution >= 4 is 17.9 Å². The smallest absolute Gasteiger partial charge is 0.338 e. The van der Waals surface area contributed by atoms with Gasteiger partial charge in [0.1, 0.15) is 0 Å². The van der Waals surface area contributed by atoms with Crippen LogP contribution in [-0.4, -0.2) is 79.0 Å². The van der Waals surface area contributed by atoms with Crippen LogP contribution in [0.5, 0.6) is 0 Å². The van der Waals surface area contributed by atoms with Gasteiger partial charge in [-0.15, -0.1) is 0 Å². The number of hydrogen-bond donors (Lipinski definition) is 1. The van der Waals surface area contributed by atoms with Crippen LogP contribution in [0.15, 0.2) is 35.5 Å². The van der Waals surface area contributed by atoms with Gasteiger partial charge in [0.15, 0.2) is 0 Å². The van der Waals surface area contributed by atoms with E-state index in [1.165, 1.54) is 4.90 Å². The third kappa shape index (κ3) is 5.93. The monoisotopic (exact) mass is 456 g/mol. The Labute approximate surface area is 196 Å². The van der Waals surface area contributed by atoms with Crippen LogP contribution in [-0.2, 0) is 14.3 Å². The number of aryl methyl sites for hydroxylation is 1. The molecule has 0 radical (unpaired) electrons. The fourth-order valence-corrected chi connectivity index (χ4v) is 4.25. The molecule has 2 heterocycles. The molecule has 3 rings (SSSR count). The number of esters is 1. The van der Waals surface area contributed by atoms with E-state index in [9.17, 15) is 14.4 Å². The summed E-state index contributed by atoms with van der Waals surface area (Å²) >= 11 is 0. The van der Waals surface area contributed by atoms with Gasteiger partial charge < -0.3 is 15.0 Å². The highest BCUT2D eigenvalue weighted by atomic mass is 16.5. The minimum Gasteiger partial charge on any atom is -0.463 e. The maximum Gasteiger partial charge on any atom is 0.338 e. The van der Waals surface area contributed by atoms with E-state index in [0.29, 0.717) is 56.3 Å². The summed E-state index contributed by atoms with van der Waals surface area (Å²) in [6.45, 7) is 11.2. The van der Waals surface area contributed by atoms with E-state index in [-0.39, 0.29) is 18.5 Å². The number of carbonyl (C=O) groups is 3. The summed E-state index contributed by atoms with van der Waals surface area (Å²) in [6.07, 6.45) is 0.555. The van der Waals surface area contributed by atoms with Crippen LogP contribution in [0.3, 0.4) is 0 Å². The second kappa shape index (κ2) is 10.8. The van der Waals surface area contributed by atoms with Crippen LogP contribution >= 0.6 is 0 Å². The highest BCUT2D eigenvalue weighted by molar-refractivity contribution is 5.95. The SMILES string of the molecule is CCOC(=O)C1=C(CN2CCN(C(=O)CC(C)C)CC2)N(C)C(=O)NC1c1ccc(C)cc1. The Bertz CT molecular complexity index is 901. The zero-order chi connectivity index (χ0) is 24.1. The Morgan fingerprint density at radius 3 is 2.33 bits per heavy atom. The molecule has 0 saturated carbocycles. The Hall–Kier alpha value is -2.87. The summed E-state index contributed by atoms with van der Waals surface area (Å²) in [4.78, 5) is 43.9. The predicted octanol–water partition coefficient (Wildman–Crippen LogP) is 2.70. The molecular formula is C25H36N4O4. The Morgan fingerprint density at radius 1 is 1.12 bits per heavy atom. The van der Waals surface area contributed by atoms with Gasteiger partial charge in [-0.1, -0.05) is 43.7 Å². The van der Waals surface area contributed by atoms with Gasteiger partial charge in [0.25, 0.3) is 0 Å². The maximum absolute atomic E-state index is 13.1. The van der Waals surface area contributed by atoms with Crippen molar-refractivity contribution in [2.45, 2.75) is 40.2 Å². The summed E-state index contributed by atoms with van der Waals surface area (Å²) in [7, 11) is 1.68.